The van der Waals surface area contributed by atoms with Gasteiger partial charge >= 0.3 is 0 Å². The molecule has 1 aromatic carbocycles. The lowest BCUT2D eigenvalue weighted by Crippen LogP contribution is -2.33. The van der Waals surface area contributed by atoms with Crippen molar-refractivity contribution in [2.45, 2.75) is 32.7 Å². The third-order valence-corrected chi connectivity index (χ3v) is 4.30. The molecular weight excluding hydrogens is 332 g/mol. The second-order valence-corrected chi connectivity index (χ2v) is 6.15. The first kappa shape index (κ1) is 16.6. The van der Waals surface area contributed by atoms with Gasteiger partial charge in [-0.3, -0.25) is 4.90 Å². The first-order chi connectivity index (χ1) is 10.2. The van der Waals surface area contributed by atoms with E-state index >= 15 is 0 Å². The molecule has 0 spiro atoms. The van der Waals surface area contributed by atoms with Crippen LogP contribution in [0.15, 0.2) is 16.6 Å². The molecule has 1 aromatic rings. The molecule has 0 amide bonds. The summed E-state index contributed by atoms with van der Waals surface area (Å²) in [6.45, 7) is 7.11. The fraction of sp³-hybridized carbons (Fsp3) is 0.625. The van der Waals surface area contributed by atoms with Gasteiger partial charge in [-0.2, -0.15) is 0 Å². The van der Waals surface area contributed by atoms with E-state index in [-0.39, 0.29) is 0 Å². The summed E-state index contributed by atoms with van der Waals surface area (Å²) in [5.41, 5.74) is 6.74. The lowest BCUT2D eigenvalue weighted by Gasteiger charge is -2.26. The highest BCUT2D eigenvalue weighted by molar-refractivity contribution is 9.10. The average molecular weight is 357 g/mol. The van der Waals surface area contributed by atoms with Gasteiger partial charge in [0.25, 0.3) is 0 Å². The number of piperidine rings is 1. The van der Waals surface area contributed by atoms with Crippen LogP contribution in [0.2, 0.25) is 0 Å². The summed E-state index contributed by atoms with van der Waals surface area (Å²) in [6, 6.07) is 3.96. The minimum atomic E-state index is 0.493. The Hall–Kier alpha value is -0.780. The fourth-order valence-electron chi connectivity index (χ4n) is 2.60. The van der Waals surface area contributed by atoms with Gasteiger partial charge in [0.1, 0.15) is 6.61 Å². The van der Waals surface area contributed by atoms with Crippen molar-refractivity contribution in [1.29, 1.82) is 0 Å². The molecule has 0 bridgehead atoms. The van der Waals surface area contributed by atoms with Gasteiger partial charge in [-0.15, -0.1) is 0 Å². The Balaban J connectivity index is 1.97. The zero-order chi connectivity index (χ0) is 15.1. The molecule has 0 radical (unpaired) electrons. The zero-order valence-corrected chi connectivity index (χ0v) is 14.3. The van der Waals surface area contributed by atoms with E-state index in [1.807, 2.05) is 19.1 Å². The van der Waals surface area contributed by atoms with E-state index in [1.165, 1.54) is 32.4 Å². The van der Waals surface area contributed by atoms with Gasteiger partial charge in [0.2, 0.25) is 0 Å². The second kappa shape index (κ2) is 8.61. The molecule has 2 N–H and O–H groups in total. The van der Waals surface area contributed by atoms with E-state index in [0.717, 1.165) is 28.1 Å². The topological polar surface area (TPSA) is 47.7 Å². The summed E-state index contributed by atoms with van der Waals surface area (Å²) in [5.74, 6) is 1.55. The van der Waals surface area contributed by atoms with Crippen LogP contribution in [0.1, 0.15) is 31.7 Å². The molecular formula is C16H25BrN2O2. The molecule has 2 rings (SSSR count). The van der Waals surface area contributed by atoms with Gasteiger partial charge in [-0.05, 0) is 66.5 Å². The van der Waals surface area contributed by atoms with Gasteiger partial charge in [0, 0.05) is 13.1 Å². The largest absolute Gasteiger partial charge is 0.490 e. The van der Waals surface area contributed by atoms with Crippen LogP contribution in [0.3, 0.4) is 0 Å². The number of likely N-dealkylation sites (tertiary alicyclic amines) is 1. The SMILES string of the molecule is CCOc1cc(CN)cc(Br)c1OCCN1CCCCC1. The molecule has 1 aliphatic rings. The second-order valence-electron chi connectivity index (χ2n) is 5.29. The third-order valence-electron chi connectivity index (χ3n) is 3.71. The van der Waals surface area contributed by atoms with Crippen molar-refractivity contribution in [3.63, 3.8) is 0 Å². The minimum Gasteiger partial charge on any atom is -0.490 e. The van der Waals surface area contributed by atoms with Crippen molar-refractivity contribution in [1.82, 2.24) is 4.90 Å². The van der Waals surface area contributed by atoms with Crippen molar-refractivity contribution in [3.05, 3.63) is 22.2 Å². The molecule has 1 fully saturated rings. The summed E-state index contributed by atoms with van der Waals surface area (Å²) < 4.78 is 12.6. The summed E-state index contributed by atoms with van der Waals surface area (Å²) in [4.78, 5) is 2.46. The monoisotopic (exact) mass is 356 g/mol. The lowest BCUT2D eigenvalue weighted by molar-refractivity contribution is 0.179. The molecule has 0 aliphatic carbocycles. The van der Waals surface area contributed by atoms with Crippen LogP contribution in [0.5, 0.6) is 11.5 Å². The van der Waals surface area contributed by atoms with Gasteiger partial charge < -0.3 is 15.2 Å². The molecule has 1 heterocycles. The average Bonchev–Trinajstić information content (AvgIpc) is 2.51. The van der Waals surface area contributed by atoms with Crippen LogP contribution in [0.4, 0.5) is 0 Å². The van der Waals surface area contributed by atoms with Crippen molar-refractivity contribution in [2.75, 3.05) is 32.8 Å². The van der Waals surface area contributed by atoms with Crippen molar-refractivity contribution >= 4 is 15.9 Å². The minimum absolute atomic E-state index is 0.493. The number of benzene rings is 1. The maximum atomic E-state index is 5.97. The maximum Gasteiger partial charge on any atom is 0.175 e. The highest BCUT2D eigenvalue weighted by atomic mass is 79.9. The van der Waals surface area contributed by atoms with E-state index in [0.29, 0.717) is 19.8 Å². The van der Waals surface area contributed by atoms with Crippen LogP contribution in [-0.4, -0.2) is 37.7 Å². The standard InChI is InChI=1S/C16H25BrN2O2/c1-2-20-15-11-13(12-18)10-14(17)16(15)21-9-8-19-6-4-3-5-7-19/h10-11H,2-9,12,18H2,1H3. The maximum absolute atomic E-state index is 5.97. The first-order valence-electron chi connectivity index (χ1n) is 7.75. The number of nitrogens with zero attached hydrogens (tertiary/aromatic N) is 1. The summed E-state index contributed by atoms with van der Waals surface area (Å²) in [7, 11) is 0. The fourth-order valence-corrected chi connectivity index (χ4v) is 3.21. The molecule has 118 valence electrons. The molecule has 4 nitrogen and oxygen atoms in total. The predicted molar refractivity (Wildman–Crippen MR) is 89.0 cm³/mol. The Morgan fingerprint density at radius 3 is 2.62 bits per heavy atom. The number of hydrogen-bond acceptors (Lipinski definition) is 4. The zero-order valence-electron chi connectivity index (χ0n) is 12.7. The van der Waals surface area contributed by atoms with Gasteiger partial charge in [0.05, 0.1) is 11.1 Å². The third kappa shape index (κ3) is 4.87. The van der Waals surface area contributed by atoms with E-state index in [9.17, 15) is 0 Å². The van der Waals surface area contributed by atoms with Gasteiger partial charge in [0.15, 0.2) is 11.5 Å². The molecule has 0 unspecified atom stereocenters. The number of ether oxygens (including phenoxy) is 2. The Kier molecular flexibility index (Phi) is 6.80. The Morgan fingerprint density at radius 2 is 1.95 bits per heavy atom. The van der Waals surface area contributed by atoms with Crippen molar-refractivity contribution in [2.24, 2.45) is 5.73 Å². The lowest BCUT2D eigenvalue weighted by atomic mass is 10.1. The summed E-state index contributed by atoms with van der Waals surface area (Å²) in [5, 5.41) is 0. The summed E-state index contributed by atoms with van der Waals surface area (Å²) in [6.07, 6.45) is 3.97. The molecule has 21 heavy (non-hydrogen) atoms. The Morgan fingerprint density at radius 1 is 1.19 bits per heavy atom. The van der Waals surface area contributed by atoms with E-state index in [1.54, 1.807) is 0 Å². The molecule has 0 saturated carbocycles. The van der Waals surface area contributed by atoms with Crippen LogP contribution < -0.4 is 15.2 Å². The van der Waals surface area contributed by atoms with Crippen LogP contribution in [0.25, 0.3) is 0 Å². The highest BCUT2D eigenvalue weighted by Gasteiger charge is 2.14. The van der Waals surface area contributed by atoms with Crippen LogP contribution in [-0.2, 0) is 6.54 Å². The van der Waals surface area contributed by atoms with E-state index in [2.05, 4.69) is 20.8 Å². The molecule has 1 saturated heterocycles. The first-order valence-corrected chi connectivity index (χ1v) is 8.54. The van der Waals surface area contributed by atoms with Crippen LogP contribution in [0, 0.1) is 0 Å². The number of hydrogen-bond donors (Lipinski definition) is 1. The molecule has 1 aliphatic heterocycles. The molecule has 0 aromatic heterocycles. The highest BCUT2D eigenvalue weighted by Crippen LogP contribution is 2.36. The van der Waals surface area contributed by atoms with E-state index < -0.39 is 0 Å². The van der Waals surface area contributed by atoms with Crippen molar-refractivity contribution in [3.8, 4) is 11.5 Å². The number of halogens is 1. The summed E-state index contributed by atoms with van der Waals surface area (Å²) >= 11 is 3.56. The molecule has 5 heteroatoms. The van der Waals surface area contributed by atoms with Gasteiger partial charge in [-0.1, -0.05) is 6.42 Å². The van der Waals surface area contributed by atoms with Crippen LogP contribution >= 0.6 is 15.9 Å². The smallest absolute Gasteiger partial charge is 0.175 e. The number of nitrogens with two attached hydrogens (primary N) is 1. The molecule has 0 atom stereocenters. The predicted octanol–water partition coefficient (Wildman–Crippen LogP) is 3.17. The Bertz CT molecular complexity index is 448. The normalized spacial score (nSPS) is 16.0. The van der Waals surface area contributed by atoms with Gasteiger partial charge in [-0.25, -0.2) is 0 Å². The Labute approximate surface area is 135 Å². The van der Waals surface area contributed by atoms with Crippen molar-refractivity contribution < 1.29 is 9.47 Å². The quantitative estimate of drug-likeness (QED) is 0.814. The van der Waals surface area contributed by atoms with E-state index in [4.69, 9.17) is 15.2 Å². The number of rotatable bonds is 7.